The predicted octanol–water partition coefficient (Wildman–Crippen LogP) is 4.22. The van der Waals surface area contributed by atoms with Gasteiger partial charge in [-0.15, -0.1) is 11.3 Å². The van der Waals surface area contributed by atoms with Gasteiger partial charge in [0.15, 0.2) is 6.61 Å². The van der Waals surface area contributed by atoms with E-state index in [1.165, 1.54) is 23.5 Å². The van der Waals surface area contributed by atoms with Gasteiger partial charge in [0.1, 0.15) is 12.3 Å². The molecule has 30 heavy (non-hydrogen) atoms. The highest BCUT2D eigenvalue weighted by atomic mass is 32.1. The van der Waals surface area contributed by atoms with Crippen molar-refractivity contribution in [2.75, 3.05) is 6.61 Å². The first-order valence-corrected chi connectivity index (χ1v) is 10.3. The number of thiophene rings is 1. The van der Waals surface area contributed by atoms with E-state index < -0.39 is 4.92 Å². The van der Waals surface area contributed by atoms with Gasteiger partial charge in [0.2, 0.25) is 11.7 Å². The molecular formula is C20H22N4O5S. The lowest BCUT2D eigenvalue weighted by molar-refractivity contribution is -0.385. The fraction of sp³-hybridized carbons (Fsp3) is 0.350. The summed E-state index contributed by atoms with van der Waals surface area (Å²) < 4.78 is 10.9. The molecule has 0 bridgehead atoms. The van der Waals surface area contributed by atoms with E-state index in [0.29, 0.717) is 23.0 Å². The van der Waals surface area contributed by atoms with E-state index >= 15 is 0 Å². The maximum absolute atomic E-state index is 12.8. The SMILES string of the molecule is CC[C@H](C)N(Cc1nc(-c2cccs2)no1)C(=O)COc1ccc([N+](=O)[O-])c(C)c1. The molecule has 1 atom stereocenters. The monoisotopic (exact) mass is 430 g/mol. The summed E-state index contributed by atoms with van der Waals surface area (Å²) in [4.78, 5) is 30.2. The van der Waals surface area contributed by atoms with Crippen LogP contribution in [0.2, 0.25) is 0 Å². The van der Waals surface area contributed by atoms with E-state index in [9.17, 15) is 14.9 Å². The van der Waals surface area contributed by atoms with Gasteiger partial charge in [0, 0.05) is 17.7 Å². The third-order valence-corrected chi connectivity index (χ3v) is 5.55. The zero-order valence-electron chi connectivity index (χ0n) is 16.9. The fourth-order valence-corrected chi connectivity index (χ4v) is 3.48. The van der Waals surface area contributed by atoms with Crippen LogP contribution < -0.4 is 4.74 Å². The number of hydrogen-bond acceptors (Lipinski definition) is 8. The molecule has 9 nitrogen and oxygen atoms in total. The van der Waals surface area contributed by atoms with E-state index in [4.69, 9.17) is 9.26 Å². The van der Waals surface area contributed by atoms with Crippen molar-refractivity contribution in [3.05, 3.63) is 57.3 Å². The highest BCUT2D eigenvalue weighted by Gasteiger charge is 2.23. The number of hydrogen-bond donors (Lipinski definition) is 0. The molecular weight excluding hydrogens is 408 g/mol. The van der Waals surface area contributed by atoms with Gasteiger partial charge >= 0.3 is 0 Å². The molecule has 2 aromatic heterocycles. The van der Waals surface area contributed by atoms with E-state index in [2.05, 4.69) is 10.1 Å². The van der Waals surface area contributed by atoms with E-state index in [1.807, 2.05) is 31.4 Å². The first kappa shape index (κ1) is 21.4. The summed E-state index contributed by atoms with van der Waals surface area (Å²) >= 11 is 1.51. The van der Waals surface area contributed by atoms with Gasteiger partial charge in [-0.3, -0.25) is 14.9 Å². The molecule has 1 amide bonds. The average molecular weight is 430 g/mol. The maximum atomic E-state index is 12.8. The first-order chi connectivity index (χ1) is 14.4. The summed E-state index contributed by atoms with van der Waals surface area (Å²) in [5, 5.41) is 16.8. The van der Waals surface area contributed by atoms with Gasteiger partial charge in [0.25, 0.3) is 11.6 Å². The van der Waals surface area contributed by atoms with Gasteiger partial charge < -0.3 is 14.2 Å². The van der Waals surface area contributed by atoms with E-state index in [-0.39, 0.29) is 30.8 Å². The van der Waals surface area contributed by atoms with Crippen molar-refractivity contribution >= 4 is 22.9 Å². The van der Waals surface area contributed by atoms with Gasteiger partial charge in [0.05, 0.1) is 9.80 Å². The van der Waals surface area contributed by atoms with Gasteiger partial charge in [-0.2, -0.15) is 4.98 Å². The molecule has 0 unspecified atom stereocenters. The second-order valence-electron chi connectivity index (χ2n) is 6.76. The number of aryl methyl sites for hydroxylation is 1. The predicted molar refractivity (Wildman–Crippen MR) is 111 cm³/mol. The van der Waals surface area contributed by atoms with Crippen molar-refractivity contribution in [1.29, 1.82) is 0 Å². The topological polar surface area (TPSA) is 112 Å². The number of nitrogens with zero attached hydrogens (tertiary/aromatic N) is 4. The van der Waals surface area contributed by atoms with E-state index in [1.54, 1.807) is 17.9 Å². The maximum Gasteiger partial charge on any atom is 0.272 e. The van der Waals surface area contributed by atoms with Gasteiger partial charge in [-0.05, 0) is 43.8 Å². The molecule has 0 aliphatic carbocycles. The van der Waals surface area contributed by atoms with Crippen molar-refractivity contribution in [1.82, 2.24) is 15.0 Å². The molecule has 0 fully saturated rings. The van der Waals surface area contributed by atoms with Crippen molar-refractivity contribution in [3.8, 4) is 16.5 Å². The van der Waals surface area contributed by atoms with Gasteiger partial charge in [-0.1, -0.05) is 18.1 Å². The van der Waals surface area contributed by atoms with Crippen molar-refractivity contribution in [2.45, 2.75) is 39.8 Å². The molecule has 10 heteroatoms. The van der Waals surface area contributed by atoms with Crippen LogP contribution in [-0.2, 0) is 11.3 Å². The van der Waals surface area contributed by atoms with Crippen molar-refractivity contribution in [2.24, 2.45) is 0 Å². The minimum absolute atomic E-state index is 0.00727. The lowest BCUT2D eigenvalue weighted by Gasteiger charge is -2.27. The summed E-state index contributed by atoms with van der Waals surface area (Å²) in [6.45, 7) is 5.52. The molecule has 3 aromatic rings. The normalized spacial score (nSPS) is 11.8. The number of nitro groups is 1. The number of amides is 1. The van der Waals surface area contributed by atoms with Crippen LogP contribution in [0.1, 0.15) is 31.7 Å². The summed E-state index contributed by atoms with van der Waals surface area (Å²) in [6.07, 6.45) is 0.744. The second kappa shape index (κ2) is 9.49. The van der Waals surface area contributed by atoms with Gasteiger partial charge in [-0.25, -0.2) is 0 Å². The number of aromatic nitrogens is 2. The largest absolute Gasteiger partial charge is 0.484 e. The van der Waals surface area contributed by atoms with E-state index in [0.717, 1.165) is 11.3 Å². The number of nitro benzene ring substituents is 1. The second-order valence-corrected chi connectivity index (χ2v) is 7.71. The molecule has 2 heterocycles. The van der Waals surface area contributed by atoms with Crippen LogP contribution in [0.5, 0.6) is 5.75 Å². The summed E-state index contributed by atoms with van der Waals surface area (Å²) in [5.41, 5.74) is 0.476. The lowest BCUT2D eigenvalue weighted by Crippen LogP contribution is -2.40. The Morgan fingerprint density at radius 2 is 2.20 bits per heavy atom. The number of carbonyl (C=O) groups excluding carboxylic acids is 1. The minimum atomic E-state index is -0.455. The Morgan fingerprint density at radius 3 is 2.83 bits per heavy atom. The Labute approximate surface area is 177 Å². The molecule has 0 radical (unpaired) electrons. The summed E-state index contributed by atoms with van der Waals surface area (Å²) in [7, 11) is 0. The van der Waals surface area contributed by atoms with Crippen LogP contribution in [-0.4, -0.2) is 38.5 Å². The average Bonchev–Trinajstić information content (AvgIpc) is 3.41. The fourth-order valence-electron chi connectivity index (χ4n) is 2.83. The zero-order valence-corrected chi connectivity index (χ0v) is 17.7. The molecule has 0 spiro atoms. The quantitative estimate of drug-likeness (QED) is 0.369. The highest BCUT2D eigenvalue weighted by molar-refractivity contribution is 7.13. The molecule has 1 aromatic carbocycles. The molecule has 0 aliphatic rings. The lowest BCUT2D eigenvalue weighted by atomic mass is 10.2. The number of rotatable bonds is 9. The number of benzene rings is 1. The third kappa shape index (κ3) is 5.01. The van der Waals surface area contributed by atoms with Crippen LogP contribution in [0.15, 0.2) is 40.2 Å². The Balaban J connectivity index is 1.67. The molecule has 3 rings (SSSR count). The Hall–Kier alpha value is -3.27. The van der Waals surface area contributed by atoms with Crippen LogP contribution in [0, 0.1) is 17.0 Å². The van der Waals surface area contributed by atoms with Crippen LogP contribution in [0.4, 0.5) is 5.69 Å². The standard InChI is InChI=1S/C20H22N4O5S/c1-4-14(3)23(11-18-21-20(22-29-18)17-6-5-9-30-17)19(25)12-28-15-7-8-16(24(26)27)13(2)10-15/h5-10,14H,4,11-12H2,1-3H3/t14-/m0/s1. The summed E-state index contributed by atoms with van der Waals surface area (Å²) in [6, 6.07) is 8.14. The van der Waals surface area contributed by atoms with Crippen LogP contribution >= 0.6 is 11.3 Å². The highest BCUT2D eigenvalue weighted by Crippen LogP contribution is 2.24. The Bertz CT molecular complexity index is 1020. The molecule has 0 saturated carbocycles. The number of ether oxygens (including phenoxy) is 1. The first-order valence-electron chi connectivity index (χ1n) is 9.42. The molecule has 0 N–H and O–H groups in total. The zero-order chi connectivity index (χ0) is 21.7. The summed E-state index contributed by atoms with van der Waals surface area (Å²) in [5.74, 6) is 0.997. The number of carbonyl (C=O) groups is 1. The van der Waals surface area contributed by atoms with Crippen molar-refractivity contribution in [3.63, 3.8) is 0 Å². The molecule has 158 valence electrons. The Kier molecular flexibility index (Phi) is 6.78. The molecule has 0 aliphatic heterocycles. The smallest absolute Gasteiger partial charge is 0.272 e. The minimum Gasteiger partial charge on any atom is -0.484 e. The van der Waals surface area contributed by atoms with Crippen molar-refractivity contribution < 1.29 is 19.0 Å². The van der Waals surface area contributed by atoms with Crippen LogP contribution in [0.25, 0.3) is 10.7 Å². The van der Waals surface area contributed by atoms with Crippen LogP contribution in [0.3, 0.4) is 0 Å². The Morgan fingerprint density at radius 1 is 1.40 bits per heavy atom. The third-order valence-electron chi connectivity index (χ3n) is 4.69. The molecule has 0 saturated heterocycles.